The van der Waals surface area contributed by atoms with Crippen molar-refractivity contribution in [3.63, 3.8) is 0 Å². The van der Waals surface area contributed by atoms with Gasteiger partial charge in [0, 0.05) is 19.4 Å². The van der Waals surface area contributed by atoms with Crippen LogP contribution in [0.15, 0.2) is 30.6 Å². The van der Waals surface area contributed by atoms with Crippen LogP contribution in [0.25, 0.3) is 11.4 Å². The molecule has 82 valence electrons. The van der Waals surface area contributed by atoms with E-state index in [2.05, 4.69) is 20.3 Å². The second-order valence-electron chi connectivity index (χ2n) is 3.07. The van der Waals surface area contributed by atoms with E-state index < -0.39 is 0 Å². The summed E-state index contributed by atoms with van der Waals surface area (Å²) in [6.07, 6.45) is 3.20. The van der Waals surface area contributed by atoms with Crippen LogP contribution in [0.2, 0.25) is 0 Å². The molecule has 0 fully saturated rings. The summed E-state index contributed by atoms with van der Waals surface area (Å²) in [4.78, 5) is 12.7. The molecule has 0 spiro atoms. The van der Waals surface area contributed by atoms with Crippen molar-refractivity contribution in [2.24, 2.45) is 0 Å². The largest absolute Gasteiger partial charge is 0.479 e. The number of aromatic nitrogens is 3. The maximum absolute atomic E-state index is 5.14. The molecule has 0 bridgehead atoms. The number of ether oxygens (including phenoxy) is 1. The summed E-state index contributed by atoms with van der Waals surface area (Å²) < 4.78 is 5.14. The van der Waals surface area contributed by atoms with Gasteiger partial charge in [0.25, 0.3) is 0 Å². The molecule has 0 radical (unpaired) electrons. The Labute approximate surface area is 93.5 Å². The molecular formula is C11H12N4O. The predicted octanol–water partition coefficient (Wildman–Crippen LogP) is 1.59. The third kappa shape index (κ3) is 1.93. The minimum absolute atomic E-state index is 0.475. The molecule has 0 saturated carbocycles. The molecule has 16 heavy (non-hydrogen) atoms. The molecule has 5 nitrogen and oxygen atoms in total. The van der Waals surface area contributed by atoms with Crippen LogP contribution in [0.4, 0.5) is 5.82 Å². The Balaban J connectivity index is 2.49. The molecule has 0 aliphatic rings. The number of nitrogens with zero attached hydrogens (tertiary/aromatic N) is 3. The number of nitrogens with one attached hydrogen (secondary N) is 1. The highest BCUT2D eigenvalue weighted by Gasteiger charge is 2.09. The molecule has 2 aromatic rings. The molecule has 1 N–H and O–H groups in total. The monoisotopic (exact) mass is 216 g/mol. The van der Waals surface area contributed by atoms with E-state index >= 15 is 0 Å². The summed E-state index contributed by atoms with van der Waals surface area (Å²) in [5, 5.41) is 2.97. The van der Waals surface area contributed by atoms with Crippen molar-refractivity contribution in [3.05, 3.63) is 30.6 Å². The zero-order chi connectivity index (χ0) is 11.4. The number of hydrogen-bond acceptors (Lipinski definition) is 5. The molecule has 5 heteroatoms. The minimum Gasteiger partial charge on any atom is -0.479 e. The second kappa shape index (κ2) is 4.57. The van der Waals surface area contributed by atoms with Crippen LogP contribution in [-0.4, -0.2) is 29.1 Å². The summed E-state index contributed by atoms with van der Waals surface area (Å²) in [5.41, 5.74) is 1.37. The second-order valence-corrected chi connectivity index (χ2v) is 3.07. The standard InChI is InChI=1S/C11H12N4O/c1-12-9-5-3-4-8(15-9)10-11(16-2)14-7-6-13-10/h3-7H,1-2H3,(H,12,15). The fraction of sp³-hybridized carbons (Fsp3) is 0.182. The maximum atomic E-state index is 5.14. The first-order chi connectivity index (χ1) is 7.85. The number of anilines is 1. The molecule has 2 rings (SSSR count). The van der Waals surface area contributed by atoms with Gasteiger partial charge in [-0.15, -0.1) is 0 Å². The topological polar surface area (TPSA) is 59.9 Å². The zero-order valence-corrected chi connectivity index (χ0v) is 9.14. The third-order valence-electron chi connectivity index (χ3n) is 2.11. The van der Waals surface area contributed by atoms with Crippen molar-refractivity contribution in [1.82, 2.24) is 15.0 Å². The average Bonchev–Trinajstić information content (AvgIpc) is 2.38. The van der Waals surface area contributed by atoms with Crippen LogP contribution in [0.1, 0.15) is 0 Å². The van der Waals surface area contributed by atoms with E-state index in [1.807, 2.05) is 25.2 Å². The quantitative estimate of drug-likeness (QED) is 0.844. The molecular weight excluding hydrogens is 204 g/mol. The Hall–Kier alpha value is -2.17. The summed E-state index contributed by atoms with van der Waals surface area (Å²) in [6, 6.07) is 5.65. The Morgan fingerprint density at radius 1 is 1.19 bits per heavy atom. The first-order valence-electron chi connectivity index (χ1n) is 4.85. The van der Waals surface area contributed by atoms with Gasteiger partial charge < -0.3 is 10.1 Å². The van der Waals surface area contributed by atoms with E-state index in [9.17, 15) is 0 Å². The van der Waals surface area contributed by atoms with Crippen molar-refractivity contribution in [3.8, 4) is 17.3 Å². The first kappa shape index (κ1) is 10.4. The van der Waals surface area contributed by atoms with Gasteiger partial charge in [-0.2, -0.15) is 0 Å². The zero-order valence-electron chi connectivity index (χ0n) is 9.14. The number of pyridine rings is 1. The lowest BCUT2D eigenvalue weighted by atomic mass is 10.2. The van der Waals surface area contributed by atoms with Gasteiger partial charge in [-0.25, -0.2) is 15.0 Å². The molecule has 0 atom stereocenters. The molecule has 0 amide bonds. The lowest BCUT2D eigenvalue weighted by Gasteiger charge is -2.06. The van der Waals surface area contributed by atoms with Crippen molar-refractivity contribution in [2.75, 3.05) is 19.5 Å². The lowest BCUT2D eigenvalue weighted by molar-refractivity contribution is 0.397. The molecule has 0 saturated heterocycles. The summed E-state index contributed by atoms with van der Waals surface area (Å²) in [5.74, 6) is 1.26. The molecule has 2 aromatic heterocycles. The minimum atomic E-state index is 0.475. The normalized spacial score (nSPS) is 9.88. The maximum Gasteiger partial charge on any atom is 0.241 e. The highest BCUT2D eigenvalue weighted by atomic mass is 16.5. The van der Waals surface area contributed by atoms with Gasteiger partial charge in [0.15, 0.2) is 5.69 Å². The Morgan fingerprint density at radius 3 is 2.75 bits per heavy atom. The van der Waals surface area contributed by atoms with Gasteiger partial charge in [-0.3, -0.25) is 0 Å². The van der Waals surface area contributed by atoms with Crippen molar-refractivity contribution < 1.29 is 4.74 Å². The number of methoxy groups -OCH3 is 1. The van der Waals surface area contributed by atoms with E-state index in [1.165, 1.54) is 0 Å². The Kier molecular flexibility index (Phi) is 2.95. The fourth-order valence-corrected chi connectivity index (χ4v) is 1.36. The smallest absolute Gasteiger partial charge is 0.241 e. The van der Waals surface area contributed by atoms with Crippen molar-refractivity contribution in [2.45, 2.75) is 0 Å². The third-order valence-corrected chi connectivity index (χ3v) is 2.11. The van der Waals surface area contributed by atoms with Gasteiger partial charge in [-0.1, -0.05) is 6.07 Å². The van der Waals surface area contributed by atoms with Crippen molar-refractivity contribution in [1.29, 1.82) is 0 Å². The van der Waals surface area contributed by atoms with Gasteiger partial charge in [0.1, 0.15) is 5.82 Å². The van der Waals surface area contributed by atoms with Crippen LogP contribution < -0.4 is 10.1 Å². The van der Waals surface area contributed by atoms with E-state index in [1.54, 1.807) is 19.5 Å². The highest BCUT2D eigenvalue weighted by molar-refractivity contribution is 5.61. The van der Waals surface area contributed by atoms with Gasteiger partial charge >= 0.3 is 0 Å². The van der Waals surface area contributed by atoms with Gasteiger partial charge in [0.05, 0.1) is 12.8 Å². The van der Waals surface area contributed by atoms with Crippen molar-refractivity contribution >= 4 is 5.82 Å². The summed E-state index contributed by atoms with van der Waals surface area (Å²) in [6.45, 7) is 0. The molecule has 0 aliphatic carbocycles. The van der Waals surface area contributed by atoms with Crippen LogP contribution in [0.5, 0.6) is 5.88 Å². The van der Waals surface area contributed by atoms with E-state index in [-0.39, 0.29) is 0 Å². The predicted molar refractivity (Wildman–Crippen MR) is 61.4 cm³/mol. The molecule has 0 unspecified atom stereocenters. The summed E-state index contributed by atoms with van der Waals surface area (Å²) >= 11 is 0. The summed E-state index contributed by atoms with van der Waals surface area (Å²) in [7, 11) is 3.38. The van der Waals surface area contributed by atoms with Crippen LogP contribution in [0.3, 0.4) is 0 Å². The lowest BCUT2D eigenvalue weighted by Crippen LogP contribution is -1.97. The number of rotatable bonds is 3. The van der Waals surface area contributed by atoms with Gasteiger partial charge in [-0.05, 0) is 12.1 Å². The highest BCUT2D eigenvalue weighted by Crippen LogP contribution is 2.23. The van der Waals surface area contributed by atoms with E-state index in [0.717, 1.165) is 11.5 Å². The van der Waals surface area contributed by atoms with E-state index in [4.69, 9.17) is 4.74 Å². The molecule has 0 aliphatic heterocycles. The number of hydrogen-bond donors (Lipinski definition) is 1. The fourth-order valence-electron chi connectivity index (χ4n) is 1.36. The Bertz CT molecular complexity index is 487. The SMILES string of the molecule is CNc1cccc(-c2nccnc2OC)n1. The first-order valence-corrected chi connectivity index (χ1v) is 4.85. The average molecular weight is 216 g/mol. The molecule has 0 aromatic carbocycles. The van der Waals surface area contributed by atoms with Crippen LogP contribution >= 0.6 is 0 Å². The van der Waals surface area contributed by atoms with Gasteiger partial charge in [0.2, 0.25) is 5.88 Å². The van der Waals surface area contributed by atoms with E-state index in [0.29, 0.717) is 11.6 Å². The molecule has 2 heterocycles. The van der Waals surface area contributed by atoms with Crippen LogP contribution in [0, 0.1) is 0 Å². The Morgan fingerprint density at radius 2 is 2.00 bits per heavy atom. The van der Waals surface area contributed by atoms with Crippen LogP contribution in [-0.2, 0) is 0 Å².